The van der Waals surface area contributed by atoms with E-state index in [9.17, 15) is 0 Å². The number of fused-ring (bicyclic) bond motifs is 12. The monoisotopic (exact) mass is 1690 g/mol. The van der Waals surface area contributed by atoms with Gasteiger partial charge in [-0.25, -0.2) is 29.9 Å². The van der Waals surface area contributed by atoms with Gasteiger partial charge >= 0.3 is 0 Å². The largest absolute Gasteiger partial charge is 0.208 e. The molecule has 0 saturated carbocycles. The molecule has 8 heteroatoms. The van der Waals surface area contributed by atoms with Crippen LogP contribution in [0.5, 0.6) is 0 Å². The third kappa shape index (κ3) is 13.2. The van der Waals surface area contributed by atoms with Crippen LogP contribution in [0, 0.1) is 0 Å². The van der Waals surface area contributed by atoms with Crippen molar-refractivity contribution in [1.29, 1.82) is 0 Å². The Morgan fingerprint density at radius 1 is 0.154 bits per heavy atom. The van der Waals surface area contributed by atoms with Gasteiger partial charge in [-0.05, 0) is 159 Å². The molecule has 608 valence electrons. The second-order valence-electron chi connectivity index (χ2n) is 33.3. The van der Waals surface area contributed by atoms with E-state index in [0.29, 0.717) is 34.9 Å². The minimum absolute atomic E-state index is 0.528. The fourth-order valence-electron chi connectivity index (χ4n) is 20.2. The van der Waals surface area contributed by atoms with Gasteiger partial charge in [0.2, 0.25) is 0 Å². The van der Waals surface area contributed by atoms with Gasteiger partial charge in [-0.15, -0.1) is 22.7 Å². The first kappa shape index (κ1) is 77.2. The van der Waals surface area contributed by atoms with Crippen molar-refractivity contribution in [3.63, 3.8) is 0 Å². The number of hydrogen-bond donors (Lipinski definition) is 0. The molecule has 25 rings (SSSR count). The minimum Gasteiger partial charge on any atom is -0.208 e. The molecule has 2 aliphatic rings. The second-order valence-corrected chi connectivity index (χ2v) is 35.4. The van der Waals surface area contributed by atoms with Gasteiger partial charge in [-0.3, -0.25) is 0 Å². The third-order valence-electron chi connectivity index (χ3n) is 26.1. The molecule has 0 radical (unpaired) electrons. The zero-order chi connectivity index (χ0) is 86.1. The summed E-state index contributed by atoms with van der Waals surface area (Å²) in [7, 11) is 0. The van der Waals surface area contributed by atoms with E-state index in [1.807, 2.05) is 40.9 Å². The Kier molecular flexibility index (Phi) is 19.3. The predicted octanol–water partition coefficient (Wildman–Crippen LogP) is 31.5. The normalized spacial score (nSPS) is 12.6. The molecule has 2 aliphatic carbocycles. The van der Waals surface area contributed by atoms with Crippen molar-refractivity contribution in [1.82, 2.24) is 29.9 Å². The number of aromatic nitrogens is 6. The molecule has 130 heavy (non-hydrogen) atoms. The van der Waals surface area contributed by atoms with Crippen molar-refractivity contribution < 1.29 is 0 Å². The molecule has 0 aliphatic heterocycles. The quantitative estimate of drug-likeness (QED) is 0.102. The van der Waals surface area contributed by atoms with Crippen LogP contribution in [0.25, 0.3) is 187 Å². The summed E-state index contributed by atoms with van der Waals surface area (Å²) < 4.78 is 5.24. The lowest BCUT2D eigenvalue weighted by Gasteiger charge is -2.34. The van der Waals surface area contributed by atoms with Crippen molar-refractivity contribution in [2.24, 2.45) is 0 Å². The predicted molar refractivity (Wildman–Crippen MR) is 540 cm³/mol. The van der Waals surface area contributed by atoms with Crippen molar-refractivity contribution in [2.45, 2.75) is 10.8 Å². The molecule has 0 N–H and O–H groups in total. The number of benzene rings is 19. The molecular formula is C122H78N6S2. The SMILES string of the molecule is c1ccc(-c2ccccc2-c2nc(-c3cccc(-c4cccc(-c5cccc6c5sc5ccccc56)c4)c3)nc(-c3ccc4c(c3)C(c3ccccc3)(c3ccccc3)c3ccccc3-4)n2)cc1.c1ccc(-c2nc(-c3ccc(-c4cccc(-c5cccc6c5sc5ccccc56)c4)cc3)nc(-c3cccc4c3-c3ccccc3C4(c3ccccc3)c3ccccc3)n2)cc1. The van der Waals surface area contributed by atoms with Gasteiger partial charge in [0.05, 0.1) is 10.8 Å². The Labute approximate surface area is 762 Å². The van der Waals surface area contributed by atoms with Crippen LogP contribution < -0.4 is 0 Å². The maximum atomic E-state index is 5.40. The Hall–Kier alpha value is -16.4. The first-order valence-corrected chi connectivity index (χ1v) is 45.7. The molecule has 0 saturated heterocycles. The summed E-state index contributed by atoms with van der Waals surface area (Å²) in [5.74, 6) is 3.76. The molecule has 4 heterocycles. The Bertz CT molecular complexity index is 8200. The molecule has 6 nitrogen and oxygen atoms in total. The van der Waals surface area contributed by atoms with Crippen LogP contribution in [0.15, 0.2) is 473 Å². The van der Waals surface area contributed by atoms with Gasteiger partial charge in [0.1, 0.15) is 0 Å². The van der Waals surface area contributed by atoms with E-state index in [1.165, 1.54) is 124 Å². The van der Waals surface area contributed by atoms with E-state index < -0.39 is 10.8 Å². The molecule has 23 aromatic rings. The molecule has 4 aromatic heterocycles. The first-order valence-electron chi connectivity index (χ1n) is 44.1. The van der Waals surface area contributed by atoms with Gasteiger partial charge in [0, 0.05) is 73.7 Å². The maximum absolute atomic E-state index is 5.40. The highest BCUT2D eigenvalue weighted by Gasteiger charge is 2.48. The Balaban J connectivity index is 0.000000145. The van der Waals surface area contributed by atoms with Crippen LogP contribution in [0.1, 0.15) is 44.5 Å². The number of hydrogen-bond acceptors (Lipinski definition) is 8. The number of rotatable bonds is 15. The smallest absolute Gasteiger partial charge is 0.164 e. The summed E-state index contributed by atoms with van der Waals surface area (Å²) in [4.78, 5) is 31.9. The Morgan fingerprint density at radius 2 is 0.454 bits per heavy atom. The molecule has 19 aromatic carbocycles. The van der Waals surface area contributed by atoms with Crippen LogP contribution in [0.2, 0.25) is 0 Å². The lowest BCUT2D eigenvalue weighted by Crippen LogP contribution is -2.28. The third-order valence-corrected chi connectivity index (χ3v) is 28.5. The molecule has 0 unspecified atom stereocenters. The van der Waals surface area contributed by atoms with Crippen LogP contribution in [-0.4, -0.2) is 29.9 Å². The summed E-state index contributed by atoms with van der Waals surface area (Å²) >= 11 is 3.73. The molecule has 0 spiro atoms. The van der Waals surface area contributed by atoms with Crippen LogP contribution >= 0.6 is 22.7 Å². The van der Waals surface area contributed by atoms with Gasteiger partial charge < -0.3 is 0 Å². The lowest BCUT2D eigenvalue weighted by molar-refractivity contribution is 0.768. The highest BCUT2D eigenvalue weighted by Crippen LogP contribution is 2.60. The Morgan fingerprint density at radius 3 is 0.985 bits per heavy atom. The highest BCUT2D eigenvalue weighted by atomic mass is 32.1. The van der Waals surface area contributed by atoms with E-state index in [0.717, 1.165) is 72.3 Å². The van der Waals surface area contributed by atoms with Gasteiger partial charge in [-0.2, -0.15) is 0 Å². The van der Waals surface area contributed by atoms with Crippen LogP contribution in [-0.2, 0) is 10.8 Å². The van der Waals surface area contributed by atoms with Crippen LogP contribution in [0.3, 0.4) is 0 Å². The molecule has 0 fully saturated rings. The van der Waals surface area contributed by atoms with Crippen molar-refractivity contribution in [3.8, 4) is 146 Å². The fourth-order valence-corrected chi connectivity index (χ4v) is 22.7. The molecule has 0 atom stereocenters. The van der Waals surface area contributed by atoms with Gasteiger partial charge in [0.25, 0.3) is 0 Å². The average Bonchev–Trinajstić information content (AvgIpc) is 1.53. The first-order chi connectivity index (χ1) is 64.4. The zero-order valence-electron chi connectivity index (χ0n) is 70.5. The second kappa shape index (κ2) is 32.6. The average molecular weight is 1690 g/mol. The van der Waals surface area contributed by atoms with Crippen molar-refractivity contribution >= 4 is 63.0 Å². The maximum Gasteiger partial charge on any atom is 0.164 e. The molecule has 0 bridgehead atoms. The van der Waals surface area contributed by atoms with Crippen LogP contribution in [0.4, 0.5) is 0 Å². The summed E-state index contributed by atoms with van der Waals surface area (Å²) in [6, 6.07) is 170. The highest BCUT2D eigenvalue weighted by molar-refractivity contribution is 7.26. The molecular weight excluding hydrogens is 1610 g/mol. The summed E-state index contributed by atoms with van der Waals surface area (Å²) in [6.45, 7) is 0. The zero-order valence-corrected chi connectivity index (χ0v) is 72.2. The van der Waals surface area contributed by atoms with E-state index in [-0.39, 0.29) is 0 Å². The summed E-state index contributed by atoms with van der Waals surface area (Å²) in [5, 5.41) is 5.22. The van der Waals surface area contributed by atoms with Crippen molar-refractivity contribution in [3.05, 3.63) is 518 Å². The summed E-state index contributed by atoms with van der Waals surface area (Å²) in [5.41, 5.74) is 30.7. The minimum atomic E-state index is -0.561. The molecule has 0 amide bonds. The number of nitrogens with zero attached hydrogens (tertiary/aromatic N) is 6. The van der Waals surface area contributed by atoms with E-state index in [4.69, 9.17) is 29.9 Å². The van der Waals surface area contributed by atoms with E-state index in [1.54, 1.807) is 0 Å². The van der Waals surface area contributed by atoms with E-state index >= 15 is 0 Å². The van der Waals surface area contributed by atoms with E-state index in [2.05, 4.69) is 455 Å². The summed E-state index contributed by atoms with van der Waals surface area (Å²) in [6.07, 6.45) is 0. The van der Waals surface area contributed by atoms with Gasteiger partial charge in [-0.1, -0.05) is 437 Å². The lowest BCUT2D eigenvalue weighted by atomic mass is 9.67. The van der Waals surface area contributed by atoms with Crippen molar-refractivity contribution in [2.75, 3.05) is 0 Å². The fraction of sp³-hybridized carbons (Fsp3) is 0.0164. The topological polar surface area (TPSA) is 77.3 Å². The number of thiophene rings is 2. The standard InChI is InChI=1S/C64H41N3S.C58H37N3S/c1-4-19-42(20-5-1)50-29-10-11-32-56(50)63-66-61(46-24-17-22-44(40-46)43-21-16-23-45(39-43)51-33-18-34-55-54-31-13-15-36-59(54)68-60(51)55)65-62(67-63)47-37-38-53-52-30-12-14-35-57(52)64(58(53)41-47,48-25-6-2-7-26-48)49-27-8-3-9-28-49;1-4-17-39(18-5-1)55-59-56(40-35-33-38(34-36-40)41-19-14-20-42(37-41)45-27-15-28-47-46-25-11-13-32-52(46)62-54(45)47)61-57(60-55)49-29-16-31-51-53(49)48-26-10-12-30-50(48)58(51,43-21-6-2-7-22-43)44-23-8-3-9-24-44/h1-41H;1-37H. The van der Waals surface area contributed by atoms with Gasteiger partial charge in [0.15, 0.2) is 34.9 Å².